The fraction of sp³-hybridized carbons (Fsp3) is 0.286. The van der Waals surface area contributed by atoms with Crippen LogP contribution in [0.1, 0.15) is 50.7 Å². The van der Waals surface area contributed by atoms with Crippen molar-refractivity contribution in [2.75, 3.05) is 17.2 Å². The molecule has 9 heteroatoms. The molecule has 1 fully saturated rings. The fourth-order valence-electron chi connectivity index (χ4n) is 3.92. The van der Waals surface area contributed by atoms with Gasteiger partial charge in [-0.3, -0.25) is 10.1 Å². The maximum absolute atomic E-state index is 13.4. The summed E-state index contributed by atoms with van der Waals surface area (Å²) in [5.74, 6) is -0.0266. The number of anilines is 2. The van der Waals surface area contributed by atoms with Crippen LogP contribution in [0.25, 0.3) is 5.69 Å². The Morgan fingerprint density at radius 3 is 2.46 bits per heavy atom. The fourth-order valence-corrected chi connectivity index (χ4v) is 3.92. The maximum atomic E-state index is 13.4. The number of urea groups is 1. The Bertz CT molecular complexity index is 1350. The van der Waals surface area contributed by atoms with E-state index in [9.17, 15) is 14.4 Å². The lowest BCUT2D eigenvalue weighted by Gasteiger charge is -2.20. The monoisotopic (exact) mass is 501 g/mol. The number of nitrogens with zero attached hydrogens (tertiary/aromatic N) is 3. The van der Waals surface area contributed by atoms with Gasteiger partial charge in [0.1, 0.15) is 12.4 Å². The number of carbonyl (C=O) groups excluding carboxylic acids is 3. The molecule has 37 heavy (non-hydrogen) atoms. The number of imide groups is 1. The Hall–Kier alpha value is -4.40. The first-order valence-corrected chi connectivity index (χ1v) is 12.1. The third kappa shape index (κ3) is 5.55. The lowest BCUT2D eigenvalue weighted by molar-refractivity contribution is 0.0786. The summed E-state index contributed by atoms with van der Waals surface area (Å²) in [6.45, 7) is 9.91. The minimum atomic E-state index is -0.671. The van der Waals surface area contributed by atoms with Gasteiger partial charge in [-0.15, -0.1) is 0 Å². The van der Waals surface area contributed by atoms with E-state index in [4.69, 9.17) is 9.84 Å². The summed E-state index contributed by atoms with van der Waals surface area (Å²) in [7, 11) is 0. The van der Waals surface area contributed by atoms with Gasteiger partial charge in [0.05, 0.1) is 17.4 Å². The standard InChI is InChI=1S/C28H31N5O4/c1-6-18(2)22-17-37-27(36)32(22)25(34)19-11-10-14-21(15-19)33-24(16-23(31-33)28(3,4)5)30-26(35)29-20-12-8-7-9-13-20/h6-16,22H,17H2,1-5H3,(H2,29,30,35)/b18-6+. The van der Waals surface area contributed by atoms with Gasteiger partial charge in [0.25, 0.3) is 5.91 Å². The Morgan fingerprint density at radius 1 is 1.05 bits per heavy atom. The van der Waals surface area contributed by atoms with Gasteiger partial charge in [-0.25, -0.2) is 19.2 Å². The predicted molar refractivity (Wildman–Crippen MR) is 142 cm³/mol. The Labute approximate surface area is 216 Å². The second-order valence-electron chi connectivity index (χ2n) is 9.87. The smallest absolute Gasteiger partial charge is 0.417 e. The van der Waals surface area contributed by atoms with Gasteiger partial charge in [0.2, 0.25) is 0 Å². The third-order valence-electron chi connectivity index (χ3n) is 6.16. The van der Waals surface area contributed by atoms with E-state index >= 15 is 0 Å². The number of benzene rings is 2. The first-order valence-electron chi connectivity index (χ1n) is 12.1. The normalized spacial score (nSPS) is 15.9. The number of hydrogen-bond donors (Lipinski definition) is 2. The van der Waals surface area contributed by atoms with Crippen LogP contribution in [-0.4, -0.2) is 45.4 Å². The van der Waals surface area contributed by atoms with Gasteiger partial charge < -0.3 is 10.1 Å². The lowest BCUT2D eigenvalue weighted by atomic mass is 9.92. The Balaban J connectivity index is 1.67. The zero-order valence-electron chi connectivity index (χ0n) is 21.6. The zero-order valence-corrected chi connectivity index (χ0v) is 21.6. The van der Waals surface area contributed by atoms with Gasteiger partial charge >= 0.3 is 12.1 Å². The Kier molecular flexibility index (Phi) is 7.15. The third-order valence-corrected chi connectivity index (χ3v) is 6.16. The van der Waals surface area contributed by atoms with Crippen molar-refractivity contribution in [2.24, 2.45) is 0 Å². The van der Waals surface area contributed by atoms with Crippen molar-refractivity contribution in [1.82, 2.24) is 14.7 Å². The molecule has 0 radical (unpaired) electrons. The molecule has 1 aliphatic rings. The summed E-state index contributed by atoms with van der Waals surface area (Å²) in [5, 5.41) is 10.4. The first-order chi connectivity index (χ1) is 17.6. The number of carbonyl (C=O) groups is 3. The molecular formula is C28H31N5O4. The number of para-hydroxylation sites is 1. The van der Waals surface area contributed by atoms with E-state index in [2.05, 4.69) is 10.6 Å². The van der Waals surface area contributed by atoms with Crippen molar-refractivity contribution in [2.45, 2.75) is 46.1 Å². The van der Waals surface area contributed by atoms with Crippen LogP contribution >= 0.6 is 0 Å². The molecule has 1 atom stereocenters. The zero-order chi connectivity index (χ0) is 26.7. The van der Waals surface area contributed by atoms with Crippen LogP contribution in [-0.2, 0) is 10.2 Å². The molecule has 1 saturated heterocycles. The Morgan fingerprint density at radius 2 is 1.78 bits per heavy atom. The van der Waals surface area contributed by atoms with E-state index in [0.717, 1.165) is 16.2 Å². The molecule has 4 rings (SSSR count). The summed E-state index contributed by atoms with van der Waals surface area (Å²) < 4.78 is 6.75. The van der Waals surface area contributed by atoms with Crippen molar-refractivity contribution in [3.8, 4) is 5.69 Å². The number of allylic oxidation sites excluding steroid dienone is 1. The quantitative estimate of drug-likeness (QED) is 0.434. The first kappa shape index (κ1) is 25.7. The molecule has 2 aromatic carbocycles. The highest BCUT2D eigenvalue weighted by atomic mass is 16.6. The summed E-state index contributed by atoms with van der Waals surface area (Å²) in [4.78, 5) is 39.7. The van der Waals surface area contributed by atoms with E-state index in [1.165, 1.54) is 0 Å². The second kappa shape index (κ2) is 10.3. The average molecular weight is 502 g/mol. The number of aromatic nitrogens is 2. The van der Waals surface area contributed by atoms with E-state index < -0.39 is 24.1 Å². The lowest BCUT2D eigenvalue weighted by Crippen LogP contribution is -2.39. The molecule has 4 amide bonds. The van der Waals surface area contributed by atoms with Gasteiger partial charge in [-0.2, -0.15) is 5.10 Å². The summed E-state index contributed by atoms with van der Waals surface area (Å²) in [5.41, 5.74) is 2.85. The van der Waals surface area contributed by atoms with Crippen LogP contribution in [0, 0.1) is 0 Å². The van der Waals surface area contributed by atoms with Crippen LogP contribution in [0.5, 0.6) is 0 Å². The number of ether oxygens (including phenoxy) is 1. The van der Waals surface area contributed by atoms with Crippen LogP contribution in [0.4, 0.5) is 21.1 Å². The van der Waals surface area contributed by atoms with Gasteiger partial charge in [0.15, 0.2) is 0 Å². The molecule has 1 aliphatic heterocycles. The minimum Gasteiger partial charge on any atom is -0.447 e. The SMILES string of the molecule is C/C=C(\C)C1COC(=O)N1C(=O)c1cccc(-n2nc(C(C)(C)C)cc2NC(=O)Nc2ccccc2)c1. The van der Waals surface area contributed by atoms with E-state index in [-0.39, 0.29) is 12.0 Å². The largest absolute Gasteiger partial charge is 0.447 e. The molecule has 2 heterocycles. The van der Waals surface area contributed by atoms with E-state index in [1.807, 2.05) is 65.0 Å². The predicted octanol–water partition coefficient (Wildman–Crippen LogP) is 5.74. The molecule has 3 aromatic rings. The molecule has 1 aromatic heterocycles. The summed E-state index contributed by atoms with van der Waals surface area (Å²) in [6.07, 6.45) is 1.19. The van der Waals surface area contributed by atoms with Crippen molar-refractivity contribution in [3.05, 3.63) is 83.6 Å². The molecule has 0 spiro atoms. The number of nitrogens with one attached hydrogen (secondary N) is 2. The van der Waals surface area contributed by atoms with Crippen LogP contribution in [0.15, 0.2) is 72.3 Å². The van der Waals surface area contributed by atoms with Crippen molar-refractivity contribution >= 4 is 29.5 Å². The average Bonchev–Trinajstić information content (AvgIpc) is 3.47. The number of amides is 4. The van der Waals surface area contributed by atoms with Crippen molar-refractivity contribution in [1.29, 1.82) is 0 Å². The maximum Gasteiger partial charge on any atom is 0.417 e. The van der Waals surface area contributed by atoms with Crippen molar-refractivity contribution in [3.63, 3.8) is 0 Å². The van der Waals surface area contributed by atoms with E-state index in [1.54, 1.807) is 41.1 Å². The molecular weight excluding hydrogens is 470 g/mol. The highest BCUT2D eigenvalue weighted by Crippen LogP contribution is 2.28. The number of rotatable bonds is 5. The highest BCUT2D eigenvalue weighted by Gasteiger charge is 2.39. The minimum absolute atomic E-state index is 0.124. The molecule has 0 aliphatic carbocycles. The van der Waals surface area contributed by atoms with Crippen molar-refractivity contribution < 1.29 is 19.1 Å². The summed E-state index contributed by atoms with van der Waals surface area (Å²) in [6, 6.07) is 16.8. The van der Waals surface area contributed by atoms with Crippen LogP contribution in [0.2, 0.25) is 0 Å². The summed E-state index contributed by atoms with van der Waals surface area (Å²) >= 11 is 0. The van der Waals surface area contributed by atoms with Gasteiger partial charge in [-0.05, 0) is 44.2 Å². The van der Waals surface area contributed by atoms with Gasteiger partial charge in [0, 0.05) is 22.7 Å². The molecule has 0 saturated carbocycles. The number of hydrogen-bond acceptors (Lipinski definition) is 5. The molecule has 2 N–H and O–H groups in total. The molecule has 0 bridgehead atoms. The topological polar surface area (TPSA) is 106 Å². The molecule has 192 valence electrons. The second-order valence-corrected chi connectivity index (χ2v) is 9.87. The van der Waals surface area contributed by atoms with Gasteiger partial charge in [-0.1, -0.05) is 56.7 Å². The van der Waals surface area contributed by atoms with E-state index in [0.29, 0.717) is 22.8 Å². The number of cyclic esters (lactones) is 1. The molecule has 1 unspecified atom stereocenters. The van der Waals surface area contributed by atoms with Crippen LogP contribution in [0.3, 0.4) is 0 Å². The van der Waals surface area contributed by atoms with Crippen LogP contribution < -0.4 is 10.6 Å². The molecule has 9 nitrogen and oxygen atoms in total. The highest BCUT2D eigenvalue weighted by molar-refractivity contribution is 6.04.